The van der Waals surface area contributed by atoms with Crippen LogP contribution < -0.4 is 15.4 Å². The van der Waals surface area contributed by atoms with Gasteiger partial charge >= 0.3 is 0 Å². The molecule has 0 fully saturated rings. The van der Waals surface area contributed by atoms with E-state index in [1.807, 2.05) is 13.8 Å². The Bertz CT molecular complexity index is 765. The van der Waals surface area contributed by atoms with E-state index in [1.54, 1.807) is 36.4 Å². The van der Waals surface area contributed by atoms with Gasteiger partial charge in [-0.05, 0) is 56.4 Å². The SMILES string of the molecule is CC(C)Oc1ccc(Br)cc1C(=O)NC(=S)Nc1ccccc1O. The maximum absolute atomic E-state index is 12.5. The average molecular weight is 409 g/mol. The van der Waals surface area contributed by atoms with Crippen molar-refractivity contribution in [1.82, 2.24) is 5.32 Å². The highest BCUT2D eigenvalue weighted by atomic mass is 79.9. The third-order valence-corrected chi connectivity index (χ3v) is 3.63. The lowest BCUT2D eigenvalue weighted by Gasteiger charge is -2.15. The van der Waals surface area contributed by atoms with Gasteiger partial charge in [-0.3, -0.25) is 10.1 Å². The van der Waals surface area contributed by atoms with Gasteiger partial charge in [0.2, 0.25) is 0 Å². The summed E-state index contributed by atoms with van der Waals surface area (Å²) in [5.41, 5.74) is 0.773. The minimum absolute atomic E-state index is 0.0420. The lowest BCUT2D eigenvalue weighted by Crippen LogP contribution is -2.34. The number of para-hydroxylation sites is 2. The van der Waals surface area contributed by atoms with Crippen molar-refractivity contribution in [3.05, 3.63) is 52.5 Å². The van der Waals surface area contributed by atoms with E-state index < -0.39 is 5.91 Å². The number of aromatic hydroxyl groups is 1. The summed E-state index contributed by atoms with van der Waals surface area (Å²) in [5, 5.41) is 15.2. The topological polar surface area (TPSA) is 70.6 Å². The van der Waals surface area contributed by atoms with Crippen LogP contribution in [0.3, 0.4) is 0 Å². The fourth-order valence-electron chi connectivity index (χ4n) is 1.94. The number of ether oxygens (including phenoxy) is 1. The van der Waals surface area contributed by atoms with Gasteiger partial charge < -0.3 is 15.2 Å². The molecule has 2 rings (SSSR count). The van der Waals surface area contributed by atoms with E-state index in [-0.39, 0.29) is 17.0 Å². The molecule has 0 aliphatic carbocycles. The Hall–Kier alpha value is -2.12. The van der Waals surface area contributed by atoms with Gasteiger partial charge in [-0.2, -0.15) is 0 Å². The highest BCUT2D eigenvalue weighted by Gasteiger charge is 2.16. The van der Waals surface area contributed by atoms with Crippen LogP contribution in [0.25, 0.3) is 0 Å². The lowest BCUT2D eigenvalue weighted by atomic mass is 10.2. The number of amides is 1. The summed E-state index contributed by atoms with van der Waals surface area (Å²) >= 11 is 8.47. The van der Waals surface area contributed by atoms with E-state index in [1.165, 1.54) is 6.07 Å². The van der Waals surface area contributed by atoms with E-state index in [4.69, 9.17) is 17.0 Å². The largest absolute Gasteiger partial charge is 0.506 e. The molecule has 2 aromatic carbocycles. The second-order valence-electron chi connectivity index (χ2n) is 5.23. The van der Waals surface area contributed by atoms with Gasteiger partial charge in [-0.1, -0.05) is 28.1 Å². The summed E-state index contributed by atoms with van der Waals surface area (Å²) in [4.78, 5) is 12.5. The normalized spacial score (nSPS) is 10.3. The van der Waals surface area contributed by atoms with Crippen molar-refractivity contribution in [2.24, 2.45) is 0 Å². The first-order valence-electron chi connectivity index (χ1n) is 7.23. The van der Waals surface area contributed by atoms with Crippen LogP contribution >= 0.6 is 28.1 Å². The molecule has 1 amide bonds. The number of carbonyl (C=O) groups is 1. The molecular formula is C17H17BrN2O3S. The summed E-state index contributed by atoms with van der Waals surface area (Å²) in [5.74, 6) is 0.108. The number of carbonyl (C=O) groups excluding carboxylic acids is 1. The first-order valence-corrected chi connectivity index (χ1v) is 8.43. The fraction of sp³-hybridized carbons (Fsp3) is 0.176. The van der Waals surface area contributed by atoms with Crippen LogP contribution in [0, 0.1) is 0 Å². The molecule has 0 aromatic heterocycles. The third-order valence-electron chi connectivity index (χ3n) is 2.93. The maximum Gasteiger partial charge on any atom is 0.261 e. The Morgan fingerprint density at radius 2 is 1.96 bits per heavy atom. The number of benzene rings is 2. The average Bonchev–Trinajstić information content (AvgIpc) is 2.50. The molecule has 0 atom stereocenters. The minimum Gasteiger partial charge on any atom is -0.506 e. The number of hydrogen-bond donors (Lipinski definition) is 3. The Kier molecular flexibility index (Phi) is 6.16. The standard InChI is InChI=1S/C17H17BrN2O3S/c1-10(2)23-15-8-7-11(18)9-12(15)16(22)20-17(24)19-13-5-3-4-6-14(13)21/h3-10,21H,1-2H3,(H2,19,20,22,24). The van der Waals surface area contributed by atoms with Gasteiger partial charge in [0.05, 0.1) is 17.4 Å². The molecule has 0 aliphatic heterocycles. The number of anilines is 1. The molecule has 0 bridgehead atoms. The molecule has 0 saturated heterocycles. The summed E-state index contributed by atoms with van der Waals surface area (Å²) in [6.07, 6.45) is -0.0657. The number of phenols is 1. The zero-order chi connectivity index (χ0) is 17.7. The predicted octanol–water partition coefficient (Wildman–Crippen LogP) is 4.07. The van der Waals surface area contributed by atoms with Crippen molar-refractivity contribution in [2.45, 2.75) is 20.0 Å². The van der Waals surface area contributed by atoms with E-state index in [0.29, 0.717) is 17.0 Å². The molecule has 24 heavy (non-hydrogen) atoms. The number of hydrogen-bond acceptors (Lipinski definition) is 4. The smallest absolute Gasteiger partial charge is 0.261 e. The van der Waals surface area contributed by atoms with Crippen molar-refractivity contribution in [3.8, 4) is 11.5 Å². The molecule has 0 unspecified atom stereocenters. The molecule has 0 spiro atoms. The number of rotatable bonds is 4. The Labute approximate surface area is 154 Å². The van der Waals surface area contributed by atoms with Crippen LogP contribution in [0.5, 0.6) is 11.5 Å². The summed E-state index contributed by atoms with van der Waals surface area (Å²) in [7, 11) is 0. The molecule has 0 radical (unpaired) electrons. The highest BCUT2D eigenvalue weighted by Crippen LogP contribution is 2.25. The highest BCUT2D eigenvalue weighted by molar-refractivity contribution is 9.10. The Morgan fingerprint density at radius 1 is 1.25 bits per heavy atom. The molecule has 2 aromatic rings. The molecule has 3 N–H and O–H groups in total. The van der Waals surface area contributed by atoms with Crippen molar-refractivity contribution in [3.63, 3.8) is 0 Å². The predicted molar refractivity (Wildman–Crippen MR) is 102 cm³/mol. The van der Waals surface area contributed by atoms with Crippen molar-refractivity contribution in [1.29, 1.82) is 0 Å². The molecule has 0 saturated carbocycles. The number of halogens is 1. The van der Waals surface area contributed by atoms with E-state index in [0.717, 1.165) is 4.47 Å². The quantitative estimate of drug-likeness (QED) is 0.525. The second kappa shape index (κ2) is 8.12. The second-order valence-corrected chi connectivity index (χ2v) is 6.56. The minimum atomic E-state index is -0.403. The van der Waals surface area contributed by atoms with E-state index >= 15 is 0 Å². The maximum atomic E-state index is 12.5. The van der Waals surface area contributed by atoms with Gasteiger partial charge in [0.15, 0.2) is 5.11 Å². The monoisotopic (exact) mass is 408 g/mol. The first-order chi connectivity index (χ1) is 11.4. The summed E-state index contributed by atoms with van der Waals surface area (Å²) in [6.45, 7) is 3.77. The van der Waals surface area contributed by atoms with Crippen LogP contribution in [0.15, 0.2) is 46.9 Å². The summed E-state index contributed by atoms with van der Waals surface area (Å²) < 4.78 is 6.41. The molecule has 7 heteroatoms. The van der Waals surface area contributed by atoms with E-state index in [9.17, 15) is 9.90 Å². The van der Waals surface area contributed by atoms with Gasteiger partial charge in [0.25, 0.3) is 5.91 Å². The van der Waals surface area contributed by atoms with Crippen molar-refractivity contribution in [2.75, 3.05) is 5.32 Å². The number of nitrogens with one attached hydrogen (secondary N) is 2. The number of thiocarbonyl (C=S) groups is 1. The van der Waals surface area contributed by atoms with Gasteiger partial charge in [0, 0.05) is 4.47 Å². The van der Waals surface area contributed by atoms with Crippen molar-refractivity contribution < 1.29 is 14.6 Å². The zero-order valence-corrected chi connectivity index (χ0v) is 15.6. The van der Waals surface area contributed by atoms with Crippen LogP contribution in [0.1, 0.15) is 24.2 Å². The number of phenolic OH excluding ortho intramolecular Hbond substituents is 1. The van der Waals surface area contributed by atoms with Gasteiger partial charge in [-0.25, -0.2) is 0 Å². The fourth-order valence-corrected chi connectivity index (χ4v) is 2.50. The van der Waals surface area contributed by atoms with Crippen LogP contribution in [-0.2, 0) is 0 Å². The van der Waals surface area contributed by atoms with Crippen LogP contribution in [0.2, 0.25) is 0 Å². The Morgan fingerprint density at radius 3 is 2.62 bits per heavy atom. The van der Waals surface area contributed by atoms with E-state index in [2.05, 4.69) is 26.6 Å². The molecule has 126 valence electrons. The third kappa shape index (κ3) is 4.94. The molecule has 5 nitrogen and oxygen atoms in total. The first kappa shape index (κ1) is 18.2. The summed E-state index contributed by atoms with van der Waals surface area (Å²) in [6, 6.07) is 11.8. The van der Waals surface area contributed by atoms with Crippen LogP contribution in [-0.4, -0.2) is 22.2 Å². The van der Waals surface area contributed by atoms with Crippen LogP contribution in [0.4, 0.5) is 5.69 Å². The lowest BCUT2D eigenvalue weighted by molar-refractivity contribution is 0.0972. The van der Waals surface area contributed by atoms with Gasteiger partial charge in [-0.15, -0.1) is 0 Å². The van der Waals surface area contributed by atoms with Crippen molar-refractivity contribution >= 4 is 44.9 Å². The molecular weight excluding hydrogens is 392 g/mol. The molecule has 0 heterocycles. The molecule has 0 aliphatic rings. The zero-order valence-electron chi connectivity index (χ0n) is 13.2. The Balaban J connectivity index is 2.13. The van der Waals surface area contributed by atoms with Gasteiger partial charge in [0.1, 0.15) is 11.5 Å².